The standard InChI is InChI=1S/C16H18N2O4S/c1-18(23(3,20)21)14-9-7-13(8-10-14)17-16(19)12-5-4-6-15(11-12)22-2/h4-11H,1-3H3,(H,17,19). The molecule has 1 N–H and O–H groups in total. The summed E-state index contributed by atoms with van der Waals surface area (Å²) in [6, 6.07) is 13.4. The Balaban J connectivity index is 2.13. The number of methoxy groups -OCH3 is 1. The number of nitrogens with zero attached hydrogens (tertiary/aromatic N) is 1. The van der Waals surface area contributed by atoms with Crippen LogP contribution in [0.1, 0.15) is 10.4 Å². The van der Waals surface area contributed by atoms with Crippen LogP contribution in [-0.4, -0.2) is 34.7 Å². The molecule has 0 radical (unpaired) electrons. The second-order valence-electron chi connectivity index (χ2n) is 4.96. The zero-order valence-corrected chi connectivity index (χ0v) is 13.9. The van der Waals surface area contributed by atoms with Crippen molar-refractivity contribution in [1.29, 1.82) is 0 Å². The molecule has 23 heavy (non-hydrogen) atoms. The Labute approximate surface area is 135 Å². The van der Waals surface area contributed by atoms with E-state index in [0.717, 1.165) is 6.26 Å². The first-order valence-electron chi connectivity index (χ1n) is 6.80. The number of ether oxygens (including phenoxy) is 1. The van der Waals surface area contributed by atoms with Crippen molar-refractivity contribution in [2.75, 3.05) is 30.0 Å². The monoisotopic (exact) mass is 334 g/mol. The fraction of sp³-hybridized carbons (Fsp3) is 0.188. The van der Waals surface area contributed by atoms with Gasteiger partial charge in [-0.05, 0) is 42.5 Å². The van der Waals surface area contributed by atoms with E-state index in [1.807, 2.05) is 0 Å². The summed E-state index contributed by atoms with van der Waals surface area (Å²) in [7, 11) is -0.303. The third kappa shape index (κ3) is 4.23. The van der Waals surface area contributed by atoms with Gasteiger partial charge in [-0.3, -0.25) is 9.10 Å². The van der Waals surface area contributed by atoms with Gasteiger partial charge in [-0.15, -0.1) is 0 Å². The molecule has 0 atom stereocenters. The number of rotatable bonds is 5. The second kappa shape index (κ2) is 6.70. The number of hydrogen-bond donors (Lipinski definition) is 1. The third-order valence-electron chi connectivity index (χ3n) is 3.32. The fourth-order valence-corrected chi connectivity index (χ4v) is 2.42. The number of sulfonamides is 1. The molecule has 1 amide bonds. The minimum Gasteiger partial charge on any atom is -0.497 e. The zero-order chi connectivity index (χ0) is 17.0. The van der Waals surface area contributed by atoms with E-state index in [-0.39, 0.29) is 5.91 Å². The third-order valence-corrected chi connectivity index (χ3v) is 4.52. The van der Waals surface area contributed by atoms with Crippen molar-refractivity contribution in [2.24, 2.45) is 0 Å². The van der Waals surface area contributed by atoms with Crippen molar-refractivity contribution < 1.29 is 17.9 Å². The molecule has 0 saturated carbocycles. The molecule has 0 fully saturated rings. The van der Waals surface area contributed by atoms with Crippen LogP contribution in [0.2, 0.25) is 0 Å². The van der Waals surface area contributed by atoms with Gasteiger partial charge in [0.25, 0.3) is 5.91 Å². The van der Waals surface area contributed by atoms with Crippen molar-refractivity contribution in [1.82, 2.24) is 0 Å². The summed E-state index contributed by atoms with van der Waals surface area (Å²) in [4.78, 5) is 12.2. The van der Waals surface area contributed by atoms with Gasteiger partial charge in [-0.25, -0.2) is 8.42 Å². The lowest BCUT2D eigenvalue weighted by Gasteiger charge is -2.16. The molecule has 0 unspecified atom stereocenters. The Hall–Kier alpha value is -2.54. The first-order valence-corrected chi connectivity index (χ1v) is 8.65. The normalized spacial score (nSPS) is 10.9. The summed E-state index contributed by atoms with van der Waals surface area (Å²) in [6.45, 7) is 0. The molecule has 0 aliphatic carbocycles. The maximum Gasteiger partial charge on any atom is 0.255 e. The Morgan fingerprint density at radius 2 is 1.78 bits per heavy atom. The second-order valence-corrected chi connectivity index (χ2v) is 6.98. The van der Waals surface area contributed by atoms with Crippen LogP contribution in [0.4, 0.5) is 11.4 Å². The first kappa shape index (κ1) is 16.8. The van der Waals surface area contributed by atoms with Crippen LogP contribution in [-0.2, 0) is 10.0 Å². The van der Waals surface area contributed by atoms with Gasteiger partial charge in [0.05, 0.1) is 19.1 Å². The SMILES string of the molecule is COc1cccc(C(=O)Nc2ccc(N(C)S(C)(=O)=O)cc2)c1. The molecular weight excluding hydrogens is 316 g/mol. The molecule has 7 heteroatoms. The molecule has 2 aromatic carbocycles. The van der Waals surface area contributed by atoms with Crippen molar-refractivity contribution in [3.8, 4) is 5.75 Å². The van der Waals surface area contributed by atoms with Crippen LogP contribution in [0.15, 0.2) is 48.5 Å². The highest BCUT2D eigenvalue weighted by Crippen LogP contribution is 2.20. The van der Waals surface area contributed by atoms with Crippen molar-refractivity contribution in [3.05, 3.63) is 54.1 Å². The highest BCUT2D eigenvalue weighted by atomic mass is 32.2. The van der Waals surface area contributed by atoms with E-state index < -0.39 is 10.0 Å². The van der Waals surface area contributed by atoms with E-state index >= 15 is 0 Å². The average molecular weight is 334 g/mol. The van der Waals surface area contributed by atoms with Crippen molar-refractivity contribution in [3.63, 3.8) is 0 Å². The van der Waals surface area contributed by atoms with Gasteiger partial charge in [-0.2, -0.15) is 0 Å². The Morgan fingerprint density at radius 3 is 2.35 bits per heavy atom. The van der Waals surface area contributed by atoms with E-state index in [1.54, 1.807) is 48.5 Å². The molecule has 0 bridgehead atoms. The molecule has 6 nitrogen and oxygen atoms in total. The number of amides is 1. The van der Waals surface area contributed by atoms with Crippen LogP contribution in [0.25, 0.3) is 0 Å². The van der Waals surface area contributed by atoms with Crippen LogP contribution >= 0.6 is 0 Å². The molecule has 2 aromatic rings. The van der Waals surface area contributed by atoms with Gasteiger partial charge in [0.1, 0.15) is 5.75 Å². The lowest BCUT2D eigenvalue weighted by molar-refractivity contribution is 0.102. The lowest BCUT2D eigenvalue weighted by atomic mass is 10.2. The highest BCUT2D eigenvalue weighted by molar-refractivity contribution is 7.92. The maximum absolute atomic E-state index is 12.2. The van der Waals surface area contributed by atoms with E-state index in [0.29, 0.717) is 22.7 Å². The number of hydrogen-bond acceptors (Lipinski definition) is 4. The predicted octanol–water partition coefficient (Wildman–Crippen LogP) is 2.34. The number of carbonyl (C=O) groups excluding carboxylic acids is 1. The van der Waals surface area contributed by atoms with Crippen LogP contribution in [0, 0.1) is 0 Å². The molecule has 0 aliphatic heterocycles. The summed E-state index contributed by atoms with van der Waals surface area (Å²) in [5.74, 6) is 0.330. The quantitative estimate of drug-likeness (QED) is 0.910. The van der Waals surface area contributed by atoms with Gasteiger partial charge in [0.2, 0.25) is 10.0 Å². The molecule has 0 heterocycles. The van der Waals surface area contributed by atoms with Crippen molar-refractivity contribution >= 4 is 27.3 Å². The number of anilines is 2. The summed E-state index contributed by atoms with van der Waals surface area (Å²) in [6.07, 6.45) is 1.13. The topological polar surface area (TPSA) is 75.7 Å². The van der Waals surface area contributed by atoms with Gasteiger partial charge in [0, 0.05) is 18.3 Å². The summed E-state index contributed by atoms with van der Waals surface area (Å²) < 4.78 is 29.2. The smallest absolute Gasteiger partial charge is 0.255 e. The first-order chi connectivity index (χ1) is 10.8. The molecular formula is C16H18N2O4S. The maximum atomic E-state index is 12.2. The molecule has 0 spiro atoms. The minimum absolute atomic E-state index is 0.270. The summed E-state index contributed by atoms with van der Waals surface area (Å²) in [5, 5.41) is 2.75. The molecule has 122 valence electrons. The minimum atomic E-state index is -3.31. The molecule has 2 rings (SSSR count). The number of benzene rings is 2. The number of carbonyl (C=O) groups is 1. The lowest BCUT2D eigenvalue weighted by Crippen LogP contribution is -2.24. The van der Waals surface area contributed by atoms with Gasteiger partial charge in [0.15, 0.2) is 0 Å². The number of nitrogens with one attached hydrogen (secondary N) is 1. The highest BCUT2D eigenvalue weighted by Gasteiger charge is 2.12. The molecule has 0 aliphatic rings. The fourth-order valence-electron chi connectivity index (χ4n) is 1.91. The predicted molar refractivity (Wildman–Crippen MR) is 90.6 cm³/mol. The van der Waals surface area contributed by atoms with E-state index in [1.165, 1.54) is 18.5 Å². The van der Waals surface area contributed by atoms with Gasteiger partial charge < -0.3 is 10.1 Å². The largest absolute Gasteiger partial charge is 0.497 e. The summed E-state index contributed by atoms with van der Waals surface area (Å²) in [5.41, 5.74) is 1.57. The van der Waals surface area contributed by atoms with Crippen LogP contribution < -0.4 is 14.4 Å². The van der Waals surface area contributed by atoms with Crippen molar-refractivity contribution in [2.45, 2.75) is 0 Å². The average Bonchev–Trinajstić information content (AvgIpc) is 2.54. The Morgan fingerprint density at radius 1 is 1.13 bits per heavy atom. The van der Waals surface area contributed by atoms with Gasteiger partial charge in [-0.1, -0.05) is 6.07 Å². The zero-order valence-electron chi connectivity index (χ0n) is 13.1. The van der Waals surface area contributed by atoms with E-state index in [9.17, 15) is 13.2 Å². The van der Waals surface area contributed by atoms with Crippen LogP contribution in [0.5, 0.6) is 5.75 Å². The Kier molecular flexibility index (Phi) is 4.90. The molecule has 0 saturated heterocycles. The summed E-state index contributed by atoms with van der Waals surface area (Å²) >= 11 is 0. The molecule has 0 aromatic heterocycles. The van der Waals surface area contributed by atoms with E-state index in [2.05, 4.69) is 5.32 Å². The van der Waals surface area contributed by atoms with Crippen LogP contribution in [0.3, 0.4) is 0 Å². The Bertz CT molecular complexity index is 801. The van der Waals surface area contributed by atoms with Gasteiger partial charge >= 0.3 is 0 Å². The van der Waals surface area contributed by atoms with E-state index in [4.69, 9.17) is 4.74 Å².